The number of aryl methyl sites for hydroxylation is 4. The fourth-order valence-electron chi connectivity index (χ4n) is 22.2. The van der Waals surface area contributed by atoms with Gasteiger partial charge >= 0.3 is 0 Å². The van der Waals surface area contributed by atoms with Crippen molar-refractivity contribution < 1.29 is 0 Å². The second kappa shape index (κ2) is 30.1. The molecule has 12 aliphatic carbocycles. The average Bonchev–Trinajstić information content (AvgIpc) is 1.75. The molecule has 0 atom stereocenters. The summed E-state index contributed by atoms with van der Waals surface area (Å²) in [5.74, 6) is 0. The highest BCUT2D eigenvalue weighted by atomic mass is 31.1. The van der Waals surface area contributed by atoms with E-state index in [-0.39, 0.29) is 31.7 Å². The van der Waals surface area contributed by atoms with E-state index in [0.29, 0.717) is 0 Å². The lowest BCUT2D eigenvalue weighted by molar-refractivity contribution is 0.487. The lowest BCUT2D eigenvalue weighted by Gasteiger charge is -2.43. The Hall–Kier alpha value is -1.40. The zero-order valence-electron chi connectivity index (χ0n) is 55.8. The van der Waals surface area contributed by atoms with E-state index in [1.54, 1.807) is 22.3 Å². The molecule has 0 nitrogen and oxygen atoms in total. The largest absolute Gasteiger partial charge is 0.0683 e. The van der Waals surface area contributed by atoms with Crippen molar-refractivity contribution in [3.8, 4) is 22.3 Å². The molecule has 4 aromatic rings. The molecule has 0 heterocycles. The Morgan fingerprint density at radius 2 is 0.330 bits per heavy atom. The first-order valence-electron chi connectivity index (χ1n) is 39.5. The second-order valence-corrected chi connectivity index (χ2v) is 42.8. The van der Waals surface area contributed by atoms with Gasteiger partial charge in [0.05, 0.1) is 0 Å². The Kier molecular flexibility index (Phi) is 21.5. The molecule has 0 aliphatic heterocycles. The molecule has 0 aromatic heterocycles. The maximum atomic E-state index is 2.82. The predicted molar refractivity (Wildman–Crippen MR) is 393 cm³/mol. The van der Waals surface area contributed by atoms with Crippen molar-refractivity contribution >= 4 is 52.9 Å². The van der Waals surface area contributed by atoms with Crippen LogP contribution in [0.3, 0.4) is 0 Å². The predicted octanol–water partition coefficient (Wildman–Crippen LogP) is 23.8. The van der Waals surface area contributed by atoms with Crippen molar-refractivity contribution in [2.75, 3.05) is 0 Å². The topological polar surface area (TPSA) is 0 Å². The van der Waals surface area contributed by atoms with Gasteiger partial charge in [0.1, 0.15) is 0 Å². The summed E-state index contributed by atoms with van der Waals surface area (Å²) in [4.78, 5) is 0. The SMILES string of the molecule is c1cc(P(C2CCCC2)C2CCCC2)c(-c2c(P(C3CCCC3)C3CCCC3)ccc3c2CCCC3)c2c1CCCC2.c1cc(P(C2CCCCC2)C2CCCCC2)c(-c2c(P(C3CCCCC3)C3CCCCC3)ccc3c2CCCC3)c2c1CCCC2. The van der Waals surface area contributed by atoms with Gasteiger partial charge < -0.3 is 0 Å². The van der Waals surface area contributed by atoms with Gasteiger partial charge in [-0.3, -0.25) is 0 Å². The molecule has 8 saturated carbocycles. The molecular formula is C84H120P4. The lowest BCUT2D eigenvalue weighted by Crippen LogP contribution is -2.31. The molecule has 16 rings (SSSR count). The first kappa shape index (κ1) is 62.7. The lowest BCUT2D eigenvalue weighted by atomic mass is 9.81. The number of hydrogen-bond donors (Lipinski definition) is 0. The van der Waals surface area contributed by atoms with Crippen molar-refractivity contribution in [3.63, 3.8) is 0 Å². The maximum absolute atomic E-state index is 2.82. The zero-order valence-corrected chi connectivity index (χ0v) is 59.4. The summed E-state index contributed by atoms with van der Waals surface area (Å²) >= 11 is 0. The fourth-order valence-corrected chi connectivity index (χ4v) is 38.1. The summed E-state index contributed by atoms with van der Waals surface area (Å²) in [5.41, 5.74) is 30.0. The Morgan fingerprint density at radius 1 is 0.170 bits per heavy atom. The van der Waals surface area contributed by atoms with Gasteiger partial charge in [-0.25, -0.2) is 0 Å². The number of hydrogen-bond acceptors (Lipinski definition) is 0. The Balaban J connectivity index is 0.000000148. The van der Waals surface area contributed by atoms with Crippen molar-refractivity contribution in [3.05, 3.63) is 93.0 Å². The van der Waals surface area contributed by atoms with E-state index in [0.717, 1.165) is 45.3 Å². The summed E-state index contributed by atoms with van der Waals surface area (Å²) < 4.78 is 0. The van der Waals surface area contributed by atoms with Crippen LogP contribution >= 0.6 is 31.7 Å². The molecule has 0 bridgehead atoms. The van der Waals surface area contributed by atoms with Gasteiger partial charge in [-0.2, -0.15) is 0 Å². The van der Waals surface area contributed by atoms with Crippen LogP contribution in [0.1, 0.15) is 327 Å². The Bertz CT molecular complexity index is 2670. The molecule has 4 heteroatoms. The van der Waals surface area contributed by atoms with Crippen LogP contribution < -0.4 is 21.2 Å². The quantitative estimate of drug-likeness (QED) is 0.110. The molecule has 0 spiro atoms. The second-order valence-electron chi connectivity index (χ2n) is 31.8. The third-order valence-corrected chi connectivity index (χ3v) is 40.5. The zero-order chi connectivity index (χ0) is 58.6. The van der Waals surface area contributed by atoms with Gasteiger partial charge in [0.2, 0.25) is 0 Å². The van der Waals surface area contributed by atoms with Crippen LogP contribution in [0.25, 0.3) is 22.3 Å². The summed E-state index contributed by atoms with van der Waals surface area (Å²) in [6, 6.07) is 22.0. The van der Waals surface area contributed by atoms with Gasteiger partial charge in [-0.05, 0) is 339 Å². The standard InChI is InChI=1S/C44H64P2.C40H56P2/c1-5-19-35(20-6-1)45(36-21-7-2-8-22-36)41-31-29-33-17-13-15-27-39(33)43(41)44-40-28-16-14-18-34(40)30-32-42(44)46(37-23-9-3-10-24-37)38-25-11-4-12-26-38;1-11-23-35-29(13-1)25-27-37(41(31-15-3-4-16-31)32-17-5-6-18-32)39(35)40-36-24-12-2-14-30(36)26-28-38(40)42(33-19-7-8-20-33)34-21-9-10-22-34/h29-32,35-38H,1-28H2;25-28,31-34H,1-24H2. The number of fused-ring (bicyclic) bond motifs is 4. The van der Waals surface area contributed by atoms with E-state index in [4.69, 9.17) is 0 Å². The van der Waals surface area contributed by atoms with Gasteiger partial charge in [-0.15, -0.1) is 0 Å². The van der Waals surface area contributed by atoms with Crippen molar-refractivity contribution in [1.82, 2.24) is 0 Å². The Labute approximate surface area is 543 Å². The summed E-state index contributed by atoms with van der Waals surface area (Å²) in [7, 11) is -0.389. The van der Waals surface area contributed by atoms with Crippen LogP contribution in [0.15, 0.2) is 48.5 Å². The molecular weight excluding hydrogens is 1130 g/mol. The Morgan fingerprint density at radius 3 is 0.511 bits per heavy atom. The first-order chi connectivity index (χ1) is 43.7. The minimum absolute atomic E-state index is 0.0758. The average molecular weight is 1250 g/mol. The summed E-state index contributed by atoms with van der Waals surface area (Å²) in [6.45, 7) is 0. The molecule has 88 heavy (non-hydrogen) atoms. The first-order valence-corrected chi connectivity index (χ1v) is 45.4. The van der Waals surface area contributed by atoms with E-state index in [9.17, 15) is 0 Å². The smallest absolute Gasteiger partial charge is 0.00626 e. The highest BCUT2D eigenvalue weighted by molar-refractivity contribution is 7.69. The van der Waals surface area contributed by atoms with Crippen molar-refractivity contribution in [2.24, 2.45) is 0 Å². The normalized spacial score (nSPS) is 24.3. The molecule has 0 N–H and O–H groups in total. The molecule has 4 aromatic carbocycles. The van der Waals surface area contributed by atoms with Crippen LogP contribution in [0.5, 0.6) is 0 Å². The third-order valence-electron chi connectivity index (χ3n) is 26.4. The number of rotatable bonds is 14. The van der Waals surface area contributed by atoms with E-state index in [2.05, 4.69) is 48.5 Å². The van der Waals surface area contributed by atoms with E-state index in [1.165, 1.54) is 334 Å². The fraction of sp³-hybridized carbons (Fsp3) is 0.714. The molecule has 0 unspecified atom stereocenters. The summed E-state index contributed by atoms with van der Waals surface area (Å²) in [5, 5.41) is 7.74. The van der Waals surface area contributed by atoms with E-state index in [1.807, 2.05) is 65.7 Å². The van der Waals surface area contributed by atoms with E-state index < -0.39 is 0 Å². The molecule has 0 saturated heterocycles. The van der Waals surface area contributed by atoms with Crippen LogP contribution in [-0.2, 0) is 51.4 Å². The van der Waals surface area contributed by atoms with Crippen LogP contribution in [0.4, 0.5) is 0 Å². The monoisotopic (exact) mass is 1250 g/mol. The highest BCUT2D eigenvalue weighted by Crippen LogP contribution is 2.64. The highest BCUT2D eigenvalue weighted by Gasteiger charge is 2.43. The molecule has 12 aliphatic rings. The van der Waals surface area contributed by atoms with Gasteiger partial charge in [0.25, 0.3) is 0 Å². The maximum Gasteiger partial charge on any atom is -0.00626 e. The van der Waals surface area contributed by atoms with Crippen molar-refractivity contribution in [1.29, 1.82) is 0 Å². The summed E-state index contributed by atoms with van der Waals surface area (Å²) in [6.07, 6.45) is 76.3. The van der Waals surface area contributed by atoms with Gasteiger partial charge in [0, 0.05) is 0 Å². The number of benzene rings is 4. The van der Waals surface area contributed by atoms with Crippen LogP contribution in [0.2, 0.25) is 0 Å². The van der Waals surface area contributed by atoms with Crippen molar-refractivity contribution in [2.45, 2.75) is 379 Å². The molecule has 0 amide bonds. The molecule has 476 valence electrons. The third kappa shape index (κ3) is 13.3. The minimum atomic E-state index is -0.118. The molecule has 8 fully saturated rings. The molecule has 0 radical (unpaired) electrons. The van der Waals surface area contributed by atoms with Crippen LogP contribution in [0, 0.1) is 0 Å². The minimum Gasteiger partial charge on any atom is -0.0683 e. The van der Waals surface area contributed by atoms with Gasteiger partial charge in [-0.1, -0.05) is 209 Å². The van der Waals surface area contributed by atoms with Gasteiger partial charge in [0.15, 0.2) is 0 Å². The van der Waals surface area contributed by atoms with E-state index >= 15 is 0 Å². The van der Waals surface area contributed by atoms with Crippen LogP contribution in [-0.4, -0.2) is 45.3 Å².